The summed E-state index contributed by atoms with van der Waals surface area (Å²) in [5.41, 5.74) is 4.20. The molecule has 3 heterocycles. The molecule has 0 saturated carbocycles. The van der Waals surface area contributed by atoms with Gasteiger partial charge in [-0.2, -0.15) is 0 Å². The Bertz CT molecular complexity index is 871. The zero-order chi connectivity index (χ0) is 19.7. The highest BCUT2D eigenvalue weighted by molar-refractivity contribution is 5.88. The zero-order valence-electron chi connectivity index (χ0n) is 17.0. The van der Waals surface area contributed by atoms with Crippen molar-refractivity contribution in [1.82, 2.24) is 9.80 Å². The van der Waals surface area contributed by atoms with Gasteiger partial charge in [0.15, 0.2) is 0 Å². The highest BCUT2D eigenvalue weighted by Gasteiger charge is 2.30. The second kappa shape index (κ2) is 7.98. The Kier molecular flexibility index (Phi) is 5.42. The standard InChI is InChI=1S/C23H30N2O3/c1-16-12-20-19(15-28-21(20)13-17(16)2)14-22(26)24-10-6-18(7-11-24)23(27)25-8-4-3-5-9-25/h12-13,15,18H,3-11,14H2,1-2H3. The number of hydrogen-bond donors (Lipinski definition) is 0. The van der Waals surface area contributed by atoms with E-state index >= 15 is 0 Å². The number of hydrogen-bond acceptors (Lipinski definition) is 3. The largest absolute Gasteiger partial charge is 0.464 e. The number of rotatable bonds is 3. The third-order valence-electron chi connectivity index (χ3n) is 6.48. The number of nitrogens with zero attached hydrogens (tertiary/aromatic N) is 2. The molecule has 5 heteroatoms. The third-order valence-corrected chi connectivity index (χ3v) is 6.48. The summed E-state index contributed by atoms with van der Waals surface area (Å²) in [5.74, 6) is 0.519. The van der Waals surface area contributed by atoms with E-state index < -0.39 is 0 Å². The van der Waals surface area contributed by atoms with Crippen LogP contribution in [0.5, 0.6) is 0 Å². The average molecular weight is 383 g/mol. The van der Waals surface area contributed by atoms with E-state index in [0.717, 1.165) is 55.3 Å². The van der Waals surface area contributed by atoms with Crippen molar-refractivity contribution in [3.63, 3.8) is 0 Å². The molecule has 0 unspecified atom stereocenters. The van der Waals surface area contributed by atoms with Crippen LogP contribution in [0.4, 0.5) is 0 Å². The molecule has 0 aliphatic carbocycles. The molecule has 2 aliphatic rings. The molecule has 2 saturated heterocycles. The topological polar surface area (TPSA) is 53.8 Å². The zero-order valence-corrected chi connectivity index (χ0v) is 17.0. The fourth-order valence-corrected chi connectivity index (χ4v) is 4.50. The first-order valence-electron chi connectivity index (χ1n) is 10.6. The Morgan fingerprint density at radius 1 is 0.964 bits per heavy atom. The van der Waals surface area contributed by atoms with Crippen molar-refractivity contribution in [1.29, 1.82) is 0 Å². The van der Waals surface area contributed by atoms with Crippen molar-refractivity contribution in [3.8, 4) is 0 Å². The van der Waals surface area contributed by atoms with Gasteiger partial charge in [-0.15, -0.1) is 0 Å². The minimum Gasteiger partial charge on any atom is -0.464 e. The lowest BCUT2D eigenvalue weighted by Crippen LogP contribution is -2.46. The number of furan rings is 1. The second-order valence-electron chi connectivity index (χ2n) is 8.41. The fourth-order valence-electron chi connectivity index (χ4n) is 4.50. The first-order chi connectivity index (χ1) is 13.5. The third kappa shape index (κ3) is 3.80. The molecular weight excluding hydrogens is 352 g/mol. The monoisotopic (exact) mass is 382 g/mol. The number of likely N-dealkylation sites (tertiary alicyclic amines) is 2. The van der Waals surface area contributed by atoms with Gasteiger partial charge in [-0.05, 0) is 69.2 Å². The molecule has 2 aliphatic heterocycles. The predicted molar refractivity (Wildman–Crippen MR) is 109 cm³/mol. The van der Waals surface area contributed by atoms with Gasteiger partial charge in [0, 0.05) is 43.0 Å². The molecule has 4 rings (SSSR count). The number of carbonyl (C=O) groups excluding carboxylic acids is 2. The summed E-state index contributed by atoms with van der Waals surface area (Å²) in [6.07, 6.45) is 7.13. The smallest absolute Gasteiger partial charge is 0.227 e. The van der Waals surface area contributed by atoms with Crippen LogP contribution in [0.2, 0.25) is 0 Å². The van der Waals surface area contributed by atoms with Crippen molar-refractivity contribution < 1.29 is 14.0 Å². The van der Waals surface area contributed by atoms with Crippen molar-refractivity contribution >= 4 is 22.8 Å². The quantitative estimate of drug-likeness (QED) is 0.810. The molecule has 2 amide bonds. The Hall–Kier alpha value is -2.30. The Morgan fingerprint density at radius 3 is 2.36 bits per heavy atom. The molecule has 0 bridgehead atoms. The molecule has 150 valence electrons. The van der Waals surface area contributed by atoms with E-state index in [-0.39, 0.29) is 11.8 Å². The number of carbonyl (C=O) groups is 2. The van der Waals surface area contributed by atoms with Crippen LogP contribution in [0.1, 0.15) is 48.8 Å². The van der Waals surface area contributed by atoms with Gasteiger partial charge in [0.1, 0.15) is 5.58 Å². The maximum Gasteiger partial charge on any atom is 0.227 e. The summed E-state index contributed by atoms with van der Waals surface area (Å²) in [5, 5.41) is 1.03. The van der Waals surface area contributed by atoms with Crippen LogP contribution in [0.15, 0.2) is 22.8 Å². The van der Waals surface area contributed by atoms with Crippen LogP contribution in [0.25, 0.3) is 11.0 Å². The highest BCUT2D eigenvalue weighted by atomic mass is 16.3. The van der Waals surface area contributed by atoms with Crippen LogP contribution in [-0.4, -0.2) is 47.8 Å². The van der Waals surface area contributed by atoms with Gasteiger partial charge in [0.25, 0.3) is 0 Å². The summed E-state index contributed by atoms with van der Waals surface area (Å²) in [4.78, 5) is 29.5. The molecule has 5 nitrogen and oxygen atoms in total. The SMILES string of the molecule is Cc1cc2occ(CC(=O)N3CCC(C(=O)N4CCCCC4)CC3)c2cc1C. The summed E-state index contributed by atoms with van der Waals surface area (Å²) < 4.78 is 5.67. The molecule has 2 fully saturated rings. The van der Waals surface area contributed by atoms with E-state index in [9.17, 15) is 9.59 Å². The van der Waals surface area contributed by atoms with Crippen molar-refractivity contribution in [3.05, 3.63) is 35.1 Å². The fraction of sp³-hybridized carbons (Fsp3) is 0.565. The minimum absolute atomic E-state index is 0.0857. The molecule has 2 aromatic rings. The minimum atomic E-state index is 0.0857. The molecule has 0 atom stereocenters. The number of benzene rings is 1. The number of piperidine rings is 2. The number of fused-ring (bicyclic) bond motifs is 1. The summed E-state index contributed by atoms with van der Waals surface area (Å²) in [6.45, 7) is 7.32. The summed E-state index contributed by atoms with van der Waals surface area (Å²) >= 11 is 0. The summed E-state index contributed by atoms with van der Waals surface area (Å²) in [7, 11) is 0. The first kappa shape index (κ1) is 19.0. The van der Waals surface area contributed by atoms with Gasteiger partial charge in [-0.1, -0.05) is 0 Å². The summed E-state index contributed by atoms with van der Waals surface area (Å²) in [6, 6.07) is 4.15. The second-order valence-corrected chi connectivity index (χ2v) is 8.41. The highest BCUT2D eigenvalue weighted by Crippen LogP contribution is 2.27. The normalized spacial score (nSPS) is 18.6. The van der Waals surface area contributed by atoms with Crippen molar-refractivity contribution in [2.24, 2.45) is 5.92 Å². The molecule has 0 spiro atoms. The van der Waals surface area contributed by atoms with Crippen LogP contribution in [0.3, 0.4) is 0 Å². The van der Waals surface area contributed by atoms with E-state index in [1.54, 1.807) is 6.26 Å². The lowest BCUT2D eigenvalue weighted by Gasteiger charge is -2.35. The lowest BCUT2D eigenvalue weighted by molar-refractivity contribution is -0.141. The van der Waals surface area contributed by atoms with E-state index in [4.69, 9.17) is 4.42 Å². The van der Waals surface area contributed by atoms with Gasteiger partial charge < -0.3 is 14.2 Å². The van der Waals surface area contributed by atoms with Crippen LogP contribution >= 0.6 is 0 Å². The predicted octanol–water partition coefficient (Wildman–Crippen LogP) is 3.84. The van der Waals surface area contributed by atoms with Gasteiger partial charge >= 0.3 is 0 Å². The molecule has 1 aromatic carbocycles. The van der Waals surface area contributed by atoms with E-state index in [0.29, 0.717) is 25.4 Å². The Morgan fingerprint density at radius 2 is 1.64 bits per heavy atom. The van der Waals surface area contributed by atoms with E-state index in [1.807, 2.05) is 15.9 Å². The van der Waals surface area contributed by atoms with E-state index in [1.165, 1.54) is 17.5 Å². The van der Waals surface area contributed by atoms with Crippen LogP contribution in [-0.2, 0) is 16.0 Å². The van der Waals surface area contributed by atoms with E-state index in [2.05, 4.69) is 19.9 Å². The van der Waals surface area contributed by atoms with Gasteiger partial charge in [0.05, 0.1) is 12.7 Å². The Labute approximate surface area is 166 Å². The van der Waals surface area contributed by atoms with Gasteiger partial charge in [-0.25, -0.2) is 0 Å². The molecule has 28 heavy (non-hydrogen) atoms. The molecular formula is C23H30N2O3. The Balaban J connectivity index is 1.35. The van der Waals surface area contributed by atoms with Crippen LogP contribution < -0.4 is 0 Å². The van der Waals surface area contributed by atoms with Crippen LogP contribution in [0, 0.1) is 19.8 Å². The maximum absolute atomic E-state index is 12.8. The average Bonchev–Trinajstić information content (AvgIpc) is 3.10. The molecule has 0 N–H and O–H groups in total. The maximum atomic E-state index is 12.8. The molecule has 1 aromatic heterocycles. The van der Waals surface area contributed by atoms with Crippen molar-refractivity contribution in [2.75, 3.05) is 26.2 Å². The number of aryl methyl sites for hydroxylation is 2. The lowest BCUT2D eigenvalue weighted by atomic mass is 9.94. The van der Waals surface area contributed by atoms with Crippen molar-refractivity contribution in [2.45, 2.75) is 52.4 Å². The first-order valence-corrected chi connectivity index (χ1v) is 10.6. The van der Waals surface area contributed by atoms with Gasteiger partial charge in [-0.3, -0.25) is 9.59 Å². The number of amides is 2. The molecule has 0 radical (unpaired) electrons. The van der Waals surface area contributed by atoms with Gasteiger partial charge in [0.2, 0.25) is 11.8 Å².